The fourth-order valence-corrected chi connectivity index (χ4v) is 2.93. The molecule has 128 valence electrons. The fraction of sp³-hybridized carbons (Fsp3) is 0.0476. The van der Waals surface area contributed by atoms with Gasteiger partial charge < -0.3 is 10.2 Å². The van der Waals surface area contributed by atoms with Crippen LogP contribution >= 0.6 is 0 Å². The van der Waals surface area contributed by atoms with Crippen molar-refractivity contribution in [2.45, 2.75) is 6.42 Å². The first-order valence-electron chi connectivity index (χ1n) is 8.21. The largest absolute Gasteiger partial charge is 0.463 e. The summed E-state index contributed by atoms with van der Waals surface area (Å²) in [6, 6.07) is 19.9. The zero-order valence-corrected chi connectivity index (χ0v) is 13.9. The summed E-state index contributed by atoms with van der Waals surface area (Å²) in [6.07, 6.45) is 2.20. The van der Waals surface area contributed by atoms with Crippen molar-refractivity contribution in [3.05, 3.63) is 89.9 Å². The van der Waals surface area contributed by atoms with E-state index < -0.39 is 0 Å². The lowest BCUT2D eigenvalue weighted by atomic mass is 9.97. The van der Waals surface area contributed by atoms with Crippen LogP contribution in [-0.2, 0) is 6.42 Å². The van der Waals surface area contributed by atoms with E-state index in [1.165, 1.54) is 12.1 Å². The number of nitrogen functional groups attached to an aromatic ring is 1. The maximum absolute atomic E-state index is 13.4. The molecule has 5 heteroatoms. The van der Waals surface area contributed by atoms with Crippen LogP contribution in [0.2, 0.25) is 0 Å². The van der Waals surface area contributed by atoms with E-state index in [-0.39, 0.29) is 11.8 Å². The third-order valence-corrected chi connectivity index (χ3v) is 4.12. The van der Waals surface area contributed by atoms with Crippen LogP contribution in [-0.4, -0.2) is 9.97 Å². The van der Waals surface area contributed by atoms with Crippen LogP contribution in [0.3, 0.4) is 0 Å². The van der Waals surface area contributed by atoms with E-state index in [0.717, 1.165) is 16.7 Å². The maximum Gasteiger partial charge on any atom is 0.221 e. The molecule has 0 amide bonds. The predicted molar refractivity (Wildman–Crippen MR) is 98.8 cm³/mol. The van der Waals surface area contributed by atoms with E-state index in [2.05, 4.69) is 9.97 Å². The van der Waals surface area contributed by atoms with E-state index >= 15 is 0 Å². The zero-order valence-electron chi connectivity index (χ0n) is 13.9. The SMILES string of the molecule is Nc1nc(-c2ccc(F)cc2)c(Cc2ccccc2)c(-c2ccco2)n1. The first-order chi connectivity index (χ1) is 12.7. The van der Waals surface area contributed by atoms with Crippen molar-refractivity contribution in [3.8, 4) is 22.7 Å². The normalized spacial score (nSPS) is 10.8. The molecular formula is C21H16FN3O. The molecule has 0 radical (unpaired) electrons. The summed E-state index contributed by atoms with van der Waals surface area (Å²) in [5.74, 6) is 0.465. The topological polar surface area (TPSA) is 64.9 Å². The smallest absolute Gasteiger partial charge is 0.221 e. The molecule has 0 fully saturated rings. The van der Waals surface area contributed by atoms with Gasteiger partial charge in [-0.25, -0.2) is 14.4 Å². The Kier molecular flexibility index (Phi) is 4.19. The second-order valence-corrected chi connectivity index (χ2v) is 5.90. The van der Waals surface area contributed by atoms with Gasteiger partial charge in [0.15, 0.2) is 5.76 Å². The Hall–Kier alpha value is -3.47. The molecule has 0 spiro atoms. The van der Waals surface area contributed by atoms with Crippen molar-refractivity contribution in [1.82, 2.24) is 9.97 Å². The summed E-state index contributed by atoms with van der Waals surface area (Å²) < 4.78 is 18.9. The second kappa shape index (κ2) is 6.80. The number of hydrogen-bond acceptors (Lipinski definition) is 4. The van der Waals surface area contributed by atoms with E-state index in [0.29, 0.717) is 23.6 Å². The van der Waals surface area contributed by atoms with E-state index in [4.69, 9.17) is 10.2 Å². The predicted octanol–water partition coefficient (Wildman–Crippen LogP) is 4.72. The lowest BCUT2D eigenvalue weighted by Gasteiger charge is -2.14. The fourth-order valence-electron chi connectivity index (χ4n) is 2.93. The van der Waals surface area contributed by atoms with Gasteiger partial charge in [-0.2, -0.15) is 0 Å². The Bertz CT molecular complexity index is 1010. The van der Waals surface area contributed by atoms with E-state index in [1.54, 1.807) is 24.5 Å². The molecular weight excluding hydrogens is 329 g/mol. The number of halogens is 1. The van der Waals surface area contributed by atoms with Gasteiger partial charge in [0, 0.05) is 17.5 Å². The van der Waals surface area contributed by atoms with Crippen molar-refractivity contribution in [2.75, 3.05) is 5.73 Å². The number of nitrogens with zero attached hydrogens (tertiary/aromatic N) is 2. The molecule has 0 aliphatic heterocycles. The molecule has 2 aromatic carbocycles. The van der Waals surface area contributed by atoms with E-state index in [1.807, 2.05) is 36.4 Å². The minimum absolute atomic E-state index is 0.146. The van der Waals surface area contributed by atoms with Crippen molar-refractivity contribution < 1.29 is 8.81 Å². The Morgan fingerprint density at radius 3 is 2.27 bits per heavy atom. The number of rotatable bonds is 4. The molecule has 26 heavy (non-hydrogen) atoms. The number of anilines is 1. The highest BCUT2D eigenvalue weighted by atomic mass is 19.1. The molecule has 2 N–H and O–H groups in total. The van der Waals surface area contributed by atoms with Gasteiger partial charge in [-0.05, 0) is 42.0 Å². The molecule has 2 heterocycles. The van der Waals surface area contributed by atoms with Gasteiger partial charge in [0.25, 0.3) is 0 Å². The molecule has 4 nitrogen and oxygen atoms in total. The Labute approximate surface area is 150 Å². The summed E-state index contributed by atoms with van der Waals surface area (Å²) in [4.78, 5) is 8.86. The number of nitrogens with two attached hydrogens (primary N) is 1. The lowest BCUT2D eigenvalue weighted by Crippen LogP contribution is -2.05. The van der Waals surface area contributed by atoms with Crippen LogP contribution < -0.4 is 5.73 Å². The average molecular weight is 345 g/mol. The Balaban J connectivity index is 1.93. The molecule has 0 bridgehead atoms. The summed E-state index contributed by atoms with van der Waals surface area (Å²) in [7, 11) is 0. The van der Waals surface area contributed by atoms with Crippen LogP contribution in [0.4, 0.5) is 10.3 Å². The maximum atomic E-state index is 13.4. The molecule has 0 saturated carbocycles. The van der Waals surface area contributed by atoms with Crippen LogP contribution in [0.5, 0.6) is 0 Å². The summed E-state index contributed by atoms with van der Waals surface area (Å²) in [6.45, 7) is 0. The molecule has 0 saturated heterocycles. The first kappa shape index (κ1) is 16.0. The minimum Gasteiger partial charge on any atom is -0.463 e. The summed E-state index contributed by atoms with van der Waals surface area (Å²) in [5.41, 5.74) is 10.0. The van der Waals surface area contributed by atoms with Gasteiger partial charge in [-0.15, -0.1) is 0 Å². The van der Waals surface area contributed by atoms with Crippen LogP contribution in [0.15, 0.2) is 77.4 Å². The van der Waals surface area contributed by atoms with Crippen molar-refractivity contribution in [1.29, 1.82) is 0 Å². The van der Waals surface area contributed by atoms with E-state index in [9.17, 15) is 4.39 Å². The second-order valence-electron chi connectivity index (χ2n) is 5.90. The molecule has 0 aliphatic rings. The van der Waals surface area contributed by atoms with Crippen LogP contribution in [0.1, 0.15) is 11.1 Å². The van der Waals surface area contributed by atoms with Gasteiger partial charge in [-0.3, -0.25) is 0 Å². The van der Waals surface area contributed by atoms with Gasteiger partial charge in [0.2, 0.25) is 5.95 Å². The number of aromatic nitrogens is 2. The van der Waals surface area contributed by atoms with Gasteiger partial charge in [-0.1, -0.05) is 30.3 Å². The van der Waals surface area contributed by atoms with Crippen LogP contribution in [0, 0.1) is 5.82 Å². The molecule has 0 aliphatic carbocycles. The lowest BCUT2D eigenvalue weighted by molar-refractivity contribution is 0.579. The third-order valence-electron chi connectivity index (χ3n) is 4.12. The standard InChI is InChI=1S/C21H16FN3O/c22-16-10-8-15(9-11-16)19-17(13-14-5-2-1-3-6-14)20(25-21(23)24-19)18-7-4-12-26-18/h1-12H,13H2,(H2,23,24,25). The van der Waals surface area contributed by atoms with Gasteiger partial charge in [0.05, 0.1) is 12.0 Å². The average Bonchev–Trinajstić information content (AvgIpc) is 3.19. The molecule has 4 aromatic rings. The highest BCUT2D eigenvalue weighted by Crippen LogP contribution is 2.32. The van der Waals surface area contributed by atoms with Gasteiger partial charge in [0.1, 0.15) is 11.5 Å². The van der Waals surface area contributed by atoms with Gasteiger partial charge >= 0.3 is 0 Å². The molecule has 4 rings (SSSR count). The quantitative estimate of drug-likeness (QED) is 0.581. The monoisotopic (exact) mass is 345 g/mol. The molecule has 2 aromatic heterocycles. The summed E-state index contributed by atoms with van der Waals surface area (Å²) >= 11 is 0. The number of hydrogen-bond donors (Lipinski definition) is 1. The zero-order chi connectivity index (χ0) is 17.9. The molecule has 0 unspecified atom stereocenters. The summed E-state index contributed by atoms with van der Waals surface area (Å²) in [5, 5.41) is 0. The Morgan fingerprint density at radius 1 is 0.846 bits per heavy atom. The van der Waals surface area contributed by atoms with Crippen LogP contribution in [0.25, 0.3) is 22.7 Å². The highest BCUT2D eigenvalue weighted by molar-refractivity contribution is 5.73. The van der Waals surface area contributed by atoms with Crippen molar-refractivity contribution in [2.24, 2.45) is 0 Å². The Morgan fingerprint density at radius 2 is 1.58 bits per heavy atom. The molecule has 0 atom stereocenters. The number of benzene rings is 2. The highest BCUT2D eigenvalue weighted by Gasteiger charge is 2.18. The van der Waals surface area contributed by atoms with Crippen molar-refractivity contribution in [3.63, 3.8) is 0 Å². The number of furan rings is 1. The first-order valence-corrected chi connectivity index (χ1v) is 8.21. The van der Waals surface area contributed by atoms with Crippen molar-refractivity contribution >= 4 is 5.95 Å². The third kappa shape index (κ3) is 3.19. The minimum atomic E-state index is -0.299.